The van der Waals surface area contributed by atoms with Crippen LogP contribution in [0.15, 0.2) is 15.1 Å². The number of alkyl halides is 2. The zero-order chi connectivity index (χ0) is 18.1. The van der Waals surface area contributed by atoms with Crippen LogP contribution in [0.1, 0.15) is 49.2 Å². The molecule has 6 nitrogen and oxygen atoms in total. The molecular formula is C15H17Br2F2N5O. The molecule has 1 fully saturated rings. The SMILES string of the molecule is CCn1ncc(Br)c1CNC(=O)Cn1nc(C(F)F)c(Br)c1C1CC1. The molecule has 0 unspecified atom stereocenters. The van der Waals surface area contributed by atoms with Crippen molar-refractivity contribution in [3.8, 4) is 0 Å². The van der Waals surface area contributed by atoms with Gasteiger partial charge in [-0.2, -0.15) is 10.2 Å². The molecule has 0 aliphatic heterocycles. The molecule has 136 valence electrons. The van der Waals surface area contributed by atoms with E-state index in [4.69, 9.17) is 0 Å². The topological polar surface area (TPSA) is 64.7 Å². The lowest BCUT2D eigenvalue weighted by Gasteiger charge is -2.10. The number of halogens is 4. The molecule has 0 aromatic carbocycles. The summed E-state index contributed by atoms with van der Waals surface area (Å²) < 4.78 is 30.5. The van der Waals surface area contributed by atoms with Gasteiger partial charge in [0.2, 0.25) is 5.91 Å². The van der Waals surface area contributed by atoms with Crippen molar-refractivity contribution in [2.24, 2.45) is 0 Å². The molecule has 0 spiro atoms. The molecule has 2 aromatic heterocycles. The van der Waals surface area contributed by atoms with E-state index in [1.807, 2.05) is 6.92 Å². The van der Waals surface area contributed by atoms with E-state index in [-0.39, 0.29) is 24.1 Å². The molecule has 2 heterocycles. The average Bonchev–Trinajstić information content (AvgIpc) is 3.25. The zero-order valence-electron chi connectivity index (χ0n) is 13.5. The molecule has 1 N–H and O–H groups in total. The maximum Gasteiger partial charge on any atom is 0.283 e. The minimum Gasteiger partial charge on any atom is -0.349 e. The standard InChI is InChI=1S/C15H17Br2F2N5O/c1-2-23-10(9(16)5-21-23)6-20-11(25)7-24-14(8-3-4-8)12(17)13(22-24)15(18)19/h5,8,15H,2-4,6-7H2,1H3,(H,20,25). The number of hydrogen-bond donors (Lipinski definition) is 1. The van der Waals surface area contributed by atoms with Gasteiger partial charge in [0.25, 0.3) is 6.43 Å². The Bertz CT molecular complexity index is 785. The minimum atomic E-state index is -2.67. The van der Waals surface area contributed by atoms with Crippen LogP contribution in [0.5, 0.6) is 0 Å². The third-order valence-electron chi connectivity index (χ3n) is 4.07. The zero-order valence-corrected chi connectivity index (χ0v) is 16.6. The molecule has 25 heavy (non-hydrogen) atoms. The molecule has 10 heteroatoms. The van der Waals surface area contributed by atoms with Gasteiger partial charge in [-0.05, 0) is 51.6 Å². The Labute approximate surface area is 160 Å². The summed E-state index contributed by atoms with van der Waals surface area (Å²) in [6, 6.07) is 0. The van der Waals surface area contributed by atoms with Crippen LogP contribution in [0, 0.1) is 0 Å². The van der Waals surface area contributed by atoms with Crippen LogP contribution >= 0.6 is 31.9 Å². The maximum atomic E-state index is 13.1. The highest BCUT2D eigenvalue weighted by Crippen LogP contribution is 2.45. The Morgan fingerprint density at radius 3 is 2.72 bits per heavy atom. The number of aryl methyl sites for hydroxylation is 1. The molecule has 1 aliphatic carbocycles. The summed E-state index contributed by atoms with van der Waals surface area (Å²) in [4.78, 5) is 12.3. The van der Waals surface area contributed by atoms with E-state index in [2.05, 4.69) is 47.4 Å². The quantitative estimate of drug-likeness (QED) is 0.656. The van der Waals surface area contributed by atoms with E-state index in [0.717, 1.165) is 23.0 Å². The van der Waals surface area contributed by atoms with Crippen molar-refractivity contribution in [2.75, 3.05) is 0 Å². The van der Waals surface area contributed by atoms with Crippen LogP contribution in [0.3, 0.4) is 0 Å². The van der Waals surface area contributed by atoms with Crippen LogP contribution < -0.4 is 5.32 Å². The Kier molecular flexibility index (Phi) is 5.57. The highest BCUT2D eigenvalue weighted by Gasteiger charge is 2.34. The van der Waals surface area contributed by atoms with E-state index in [1.54, 1.807) is 10.9 Å². The van der Waals surface area contributed by atoms with Crippen molar-refractivity contribution in [2.45, 2.75) is 51.7 Å². The maximum absolute atomic E-state index is 13.1. The average molecular weight is 481 g/mol. The Morgan fingerprint density at radius 2 is 2.12 bits per heavy atom. The number of carbonyl (C=O) groups is 1. The molecule has 2 aromatic rings. The first kappa shape index (κ1) is 18.5. The third-order valence-corrected chi connectivity index (χ3v) is 5.55. The minimum absolute atomic E-state index is 0.0883. The summed E-state index contributed by atoms with van der Waals surface area (Å²) in [6.07, 6.45) is 0.857. The van der Waals surface area contributed by atoms with Gasteiger partial charge < -0.3 is 5.32 Å². The number of hydrogen-bond acceptors (Lipinski definition) is 3. The molecule has 1 saturated carbocycles. The summed E-state index contributed by atoms with van der Waals surface area (Å²) in [7, 11) is 0. The van der Waals surface area contributed by atoms with Crippen molar-refractivity contribution in [3.05, 3.63) is 32.2 Å². The predicted octanol–water partition coefficient (Wildman–Crippen LogP) is 3.76. The molecule has 3 rings (SSSR count). The van der Waals surface area contributed by atoms with Gasteiger partial charge in [0.1, 0.15) is 12.2 Å². The lowest BCUT2D eigenvalue weighted by Crippen LogP contribution is -2.29. The molecule has 0 radical (unpaired) electrons. The molecule has 0 bridgehead atoms. The van der Waals surface area contributed by atoms with E-state index in [9.17, 15) is 13.6 Å². The second-order valence-corrected chi connectivity index (χ2v) is 7.50. The second kappa shape index (κ2) is 7.53. The van der Waals surface area contributed by atoms with Gasteiger partial charge in [-0.15, -0.1) is 0 Å². The van der Waals surface area contributed by atoms with E-state index in [1.165, 1.54) is 4.68 Å². The van der Waals surface area contributed by atoms with Gasteiger partial charge >= 0.3 is 0 Å². The first-order chi connectivity index (χ1) is 11.9. The van der Waals surface area contributed by atoms with Gasteiger partial charge in [0.05, 0.1) is 33.1 Å². The number of nitrogens with zero attached hydrogens (tertiary/aromatic N) is 4. The highest BCUT2D eigenvalue weighted by molar-refractivity contribution is 9.10. The van der Waals surface area contributed by atoms with Gasteiger partial charge in [-0.3, -0.25) is 14.2 Å². The molecule has 0 atom stereocenters. The first-order valence-corrected chi connectivity index (χ1v) is 9.52. The highest BCUT2D eigenvalue weighted by atomic mass is 79.9. The summed E-state index contributed by atoms with van der Waals surface area (Å²) in [5.74, 6) is -0.0914. The fourth-order valence-electron chi connectivity index (χ4n) is 2.69. The van der Waals surface area contributed by atoms with E-state index >= 15 is 0 Å². The number of aromatic nitrogens is 4. The van der Waals surface area contributed by atoms with E-state index < -0.39 is 6.43 Å². The van der Waals surface area contributed by atoms with E-state index in [0.29, 0.717) is 23.3 Å². The summed E-state index contributed by atoms with van der Waals surface area (Å²) >= 11 is 6.62. The largest absolute Gasteiger partial charge is 0.349 e. The van der Waals surface area contributed by atoms with Crippen LogP contribution in [-0.2, 0) is 24.4 Å². The number of carbonyl (C=O) groups excluding carboxylic acids is 1. The number of rotatable bonds is 7. The van der Waals surface area contributed by atoms with Gasteiger partial charge in [-0.25, -0.2) is 8.78 Å². The van der Waals surface area contributed by atoms with Crippen molar-refractivity contribution in [1.82, 2.24) is 24.9 Å². The Morgan fingerprint density at radius 1 is 1.40 bits per heavy atom. The summed E-state index contributed by atoms with van der Waals surface area (Å²) in [5.41, 5.74) is 1.24. The molecular weight excluding hydrogens is 464 g/mol. The van der Waals surface area contributed by atoms with Crippen LogP contribution in [-0.4, -0.2) is 25.5 Å². The van der Waals surface area contributed by atoms with Gasteiger partial charge in [-0.1, -0.05) is 0 Å². The summed E-state index contributed by atoms with van der Waals surface area (Å²) in [6.45, 7) is 2.86. The smallest absolute Gasteiger partial charge is 0.283 e. The number of nitrogens with one attached hydrogen (secondary N) is 1. The van der Waals surface area contributed by atoms with Crippen molar-refractivity contribution in [1.29, 1.82) is 0 Å². The van der Waals surface area contributed by atoms with Gasteiger partial charge in [0, 0.05) is 12.5 Å². The van der Waals surface area contributed by atoms with Crippen LogP contribution in [0.2, 0.25) is 0 Å². The van der Waals surface area contributed by atoms with Gasteiger partial charge in [0.15, 0.2) is 0 Å². The molecule has 1 amide bonds. The fraction of sp³-hybridized carbons (Fsp3) is 0.533. The van der Waals surface area contributed by atoms with Crippen molar-refractivity contribution >= 4 is 37.8 Å². The Hall–Kier alpha value is -1.29. The van der Waals surface area contributed by atoms with Crippen molar-refractivity contribution < 1.29 is 13.6 Å². The lowest BCUT2D eigenvalue weighted by molar-refractivity contribution is -0.122. The van der Waals surface area contributed by atoms with Crippen LogP contribution in [0.4, 0.5) is 8.78 Å². The second-order valence-electron chi connectivity index (χ2n) is 5.85. The van der Waals surface area contributed by atoms with Crippen molar-refractivity contribution in [3.63, 3.8) is 0 Å². The third kappa shape index (κ3) is 3.94. The monoisotopic (exact) mass is 479 g/mol. The normalized spacial score (nSPS) is 14.3. The van der Waals surface area contributed by atoms with Crippen LogP contribution in [0.25, 0.3) is 0 Å². The fourth-order valence-corrected chi connectivity index (χ4v) is 3.91. The predicted molar refractivity (Wildman–Crippen MR) is 94.3 cm³/mol. The molecule has 0 saturated heterocycles. The summed E-state index contributed by atoms with van der Waals surface area (Å²) in [5, 5.41) is 10.9. The number of amides is 1. The lowest BCUT2D eigenvalue weighted by atomic mass is 10.2. The molecule has 1 aliphatic rings. The first-order valence-electron chi connectivity index (χ1n) is 7.93. The Balaban J connectivity index is 1.71.